The van der Waals surface area contributed by atoms with Crippen molar-refractivity contribution in [1.29, 1.82) is 0 Å². The van der Waals surface area contributed by atoms with E-state index in [0.717, 1.165) is 104 Å². The van der Waals surface area contributed by atoms with E-state index in [1.807, 2.05) is 60.7 Å². The number of nitrogens with one attached hydrogen (secondary N) is 4. The number of benzene rings is 6. The van der Waals surface area contributed by atoms with Gasteiger partial charge in [0.2, 0.25) is 0 Å². The third-order valence-corrected chi connectivity index (χ3v) is 9.04. The van der Waals surface area contributed by atoms with Crippen LogP contribution in [0, 0.1) is 0 Å². The molecule has 2 heterocycles. The predicted molar refractivity (Wildman–Crippen MR) is 205 cm³/mol. The van der Waals surface area contributed by atoms with E-state index in [2.05, 4.69) is 114 Å². The van der Waals surface area contributed by atoms with Crippen LogP contribution in [-0.2, 0) is 0 Å². The first-order valence-corrected chi connectivity index (χ1v) is 17.3. The van der Waals surface area contributed by atoms with Gasteiger partial charge in [-0.15, -0.1) is 10.2 Å². The maximum Gasteiger partial charge on any atom is 0.0963 e. The van der Waals surface area contributed by atoms with Gasteiger partial charge >= 0.3 is 0 Å². The summed E-state index contributed by atoms with van der Waals surface area (Å²) in [4.78, 5) is 0. The second kappa shape index (κ2) is 13.8. The summed E-state index contributed by atoms with van der Waals surface area (Å²) in [5.74, 6) is 0. The van der Waals surface area contributed by atoms with E-state index in [4.69, 9.17) is 0 Å². The molecule has 0 amide bonds. The highest BCUT2D eigenvalue weighted by Crippen LogP contribution is 2.42. The van der Waals surface area contributed by atoms with Crippen LogP contribution in [0.5, 0.6) is 0 Å². The minimum atomic E-state index is 0.231. The summed E-state index contributed by atoms with van der Waals surface area (Å²) in [7, 11) is 0. The lowest BCUT2D eigenvalue weighted by Gasteiger charge is -2.29. The second-order valence-electron chi connectivity index (χ2n) is 12.6. The van der Waals surface area contributed by atoms with Crippen LogP contribution in [0.4, 0.5) is 56.9 Å². The summed E-state index contributed by atoms with van der Waals surface area (Å²) in [6.07, 6.45) is 4.78. The summed E-state index contributed by atoms with van der Waals surface area (Å²) in [6.45, 7) is 4.39. The van der Waals surface area contributed by atoms with Gasteiger partial charge in [0.1, 0.15) is 0 Å². The summed E-state index contributed by atoms with van der Waals surface area (Å²) >= 11 is 0. The fourth-order valence-electron chi connectivity index (χ4n) is 6.64. The molecule has 6 aromatic rings. The Kier molecular flexibility index (Phi) is 8.56. The first kappa shape index (κ1) is 31.1. The molecule has 2 aliphatic heterocycles. The highest BCUT2D eigenvalue weighted by Gasteiger charge is 2.21. The van der Waals surface area contributed by atoms with Crippen LogP contribution < -0.4 is 21.3 Å². The maximum atomic E-state index is 4.60. The third kappa shape index (κ3) is 6.35. The number of nitrogens with zero attached hydrogens (tertiary/aromatic N) is 6. The molecule has 4 N–H and O–H groups in total. The van der Waals surface area contributed by atoms with E-state index >= 15 is 0 Å². The van der Waals surface area contributed by atoms with E-state index < -0.39 is 0 Å². The maximum absolute atomic E-state index is 4.60. The molecule has 10 heteroatoms. The van der Waals surface area contributed by atoms with Crippen molar-refractivity contribution in [3.63, 3.8) is 0 Å². The molecule has 248 valence electrons. The Labute approximate surface area is 290 Å². The average molecular weight is 659 g/mol. The molecule has 0 saturated carbocycles. The van der Waals surface area contributed by atoms with E-state index in [0.29, 0.717) is 0 Å². The summed E-state index contributed by atoms with van der Waals surface area (Å²) in [5, 5.41) is 45.9. The minimum Gasteiger partial charge on any atom is -0.365 e. The number of rotatable bonds is 10. The first-order chi connectivity index (χ1) is 24.6. The van der Waals surface area contributed by atoms with Crippen molar-refractivity contribution >= 4 is 78.4 Å². The van der Waals surface area contributed by atoms with E-state index in [1.54, 1.807) is 0 Å². The van der Waals surface area contributed by atoms with E-state index in [-0.39, 0.29) is 12.3 Å². The quantitative estimate of drug-likeness (QED) is 0.109. The van der Waals surface area contributed by atoms with Crippen molar-refractivity contribution in [2.24, 2.45) is 30.7 Å². The fourth-order valence-corrected chi connectivity index (χ4v) is 6.64. The highest BCUT2D eigenvalue weighted by molar-refractivity contribution is 6.10. The van der Waals surface area contributed by atoms with Crippen LogP contribution in [0.1, 0.15) is 39.5 Å². The fraction of sp³-hybridized carbons (Fsp3) is 0.200. The molecule has 0 spiro atoms. The number of azo groups is 3. The molecule has 0 fully saturated rings. The van der Waals surface area contributed by atoms with Crippen molar-refractivity contribution in [3.05, 3.63) is 109 Å². The van der Waals surface area contributed by atoms with Crippen LogP contribution in [0.2, 0.25) is 0 Å². The molecular formula is C40H38N10. The number of hydrogen-bond donors (Lipinski definition) is 4. The summed E-state index contributed by atoms with van der Waals surface area (Å²) in [6, 6.07) is 35.9. The topological polar surface area (TPSA) is 122 Å². The molecule has 6 aromatic carbocycles. The molecule has 0 saturated heterocycles. The van der Waals surface area contributed by atoms with E-state index in [1.165, 1.54) is 0 Å². The zero-order chi connectivity index (χ0) is 33.9. The van der Waals surface area contributed by atoms with Gasteiger partial charge in [-0.2, -0.15) is 20.5 Å². The molecule has 8 rings (SSSR count). The number of anilines is 4. The van der Waals surface area contributed by atoms with Crippen LogP contribution in [-0.4, -0.2) is 12.3 Å². The van der Waals surface area contributed by atoms with Crippen molar-refractivity contribution in [1.82, 2.24) is 0 Å². The Bertz CT molecular complexity index is 2070. The third-order valence-electron chi connectivity index (χ3n) is 9.04. The molecular weight excluding hydrogens is 621 g/mol. The van der Waals surface area contributed by atoms with Crippen LogP contribution in [0.15, 0.2) is 140 Å². The second-order valence-corrected chi connectivity index (χ2v) is 12.6. The average Bonchev–Trinajstić information content (AvgIpc) is 3.15. The normalized spacial score (nSPS) is 16.5. The SMILES string of the molecule is CCCC1Nc2cccc3c(N=Nc4ccc(N=Nc5ccc(N=Nc6ccc7c8c(cccc68)NC(CCC)N7)cc5)cc4)ccc(c23)N1. The predicted octanol–water partition coefficient (Wildman–Crippen LogP) is 13.2. The largest absolute Gasteiger partial charge is 0.365 e. The zero-order valence-corrected chi connectivity index (χ0v) is 28.1. The Morgan fingerprint density at radius 3 is 1.10 bits per heavy atom. The van der Waals surface area contributed by atoms with Crippen molar-refractivity contribution in [3.8, 4) is 0 Å². The Morgan fingerprint density at radius 1 is 0.400 bits per heavy atom. The summed E-state index contributed by atoms with van der Waals surface area (Å²) < 4.78 is 0. The van der Waals surface area contributed by atoms with Crippen molar-refractivity contribution in [2.75, 3.05) is 21.3 Å². The van der Waals surface area contributed by atoms with Crippen molar-refractivity contribution in [2.45, 2.75) is 51.9 Å². The van der Waals surface area contributed by atoms with Gasteiger partial charge in [-0.25, -0.2) is 0 Å². The molecule has 0 aliphatic carbocycles. The lowest BCUT2D eigenvalue weighted by Crippen LogP contribution is -2.31. The molecule has 0 radical (unpaired) electrons. The molecule has 0 bridgehead atoms. The molecule has 50 heavy (non-hydrogen) atoms. The number of hydrogen-bond acceptors (Lipinski definition) is 10. The van der Waals surface area contributed by atoms with Crippen LogP contribution >= 0.6 is 0 Å². The monoisotopic (exact) mass is 658 g/mol. The van der Waals surface area contributed by atoms with Gasteiger partial charge in [0, 0.05) is 44.3 Å². The summed E-state index contributed by atoms with van der Waals surface area (Å²) in [5.41, 5.74) is 9.07. The standard InChI is InChI=1S/C40H38N10/c1-3-7-37-41-33-11-5-9-29-31(21-23-35(43-37)39(29)33)49-47-27-17-13-25(14-18-27)45-46-26-15-19-28(20-16-26)48-50-32-22-24-36-40-30(32)10-6-12-34(40)42-38(44-36)8-4-2/h5-6,9-24,37-38,41-44H,3-4,7-8H2,1-2H3. The molecule has 2 unspecified atom stereocenters. The lowest BCUT2D eigenvalue weighted by atomic mass is 10.0. The Morgan fingerprint density at radius 2 is 0.740 bits per heavy atom. The Balaban J connectivity index is 0.918. The molecule has 0 aromatic heterocycles. The van der Waals surface area contributed by atoms with Gasteiger partial charge in [-0.1, -0.05) is 51.0 Å². The minimum absolute atomic E-state index is 0.231. The molecule has 10 nitrogen and oxygen atoms in total. The smallest absolute Gasteiger partial charge is 0.0963 e. The van der Waals surface area contributed by atoms with Gasteiger partial charge in [0.05, 0.1) is 46.5 Å². The van der Waals surface area contributed by atoms with Gasteiger partial charge in [-0.05, 0) is 97.8 Å². The van der Waals surface area contributed by atoms with Crippen LogP contribution in [0.25, 0.3) is 21.5 Å². The van der Waals surface area contributed by atoms with Gasteiger partial charge < -0.3 is 21.3 Å². The van der Waals surface area contributed by atoms with Gasteiger partial charge in [0.25, 0.3) is 0 Å². The van der Waals surface area contributed by atoms with Crippen LogP contribution in [0.3, 0.4) is 0 Å². The molecule has 2 aliphatic rings. The zero-order valence-electron chi connectivity index (χ0n) is 28.1. The molecule has 2 atom stereocenters. The lowest BCUT2D eigenvalue weighted by molar-refractivity contribution is 0.700. The first-order valence-electron chi connectivity index (χ1n) is 17.3. The van der Waals surface area contributed by atoms with Gasteiger partial charge in [-0.3, -0.25) is 0 Å². The highest BCUT2D eigenvalue weighted by atomic mass is 15.2. The Hall–Kier alpha value is -6.16. The van der Waals surface area contributed by atoms with Gasteiger partial charge in [0.15, 0.2) is 0 Å². The van der Waals surface area contributed by atoms with Crippen molar-refractivity contribution < 1.29 is 0 Å². The van der Waals surface area contributed by atoms with E-state index in [9.17, 15) is 0 Å².